The molecule has 0 amide bonds. The second kappa shape index (κ2) is 7.18. The molecule has 0 aliphatic carbocycles. The van der Waals surface area contributed by atoms with Crippen molar-refractivity contribution in [3.8, 4) is 5.75 Å². The van der Waals surface area contributed by atoms with Gasteiger partial charge in [-0.3, -0.25) is 9.58 Å². The number of ether oxygens (including phenoxy) is 1. The van der Waals surface area contributed by atoms with Crippen LogP contribution in [-0.4, -0.2) is 39.9 Å². The Kier molecular flexibility index (Phi) is 4.77. The van der Waals surface area contributed by atoms with Crippen molar-refractivity contribution in [2.45, 2.75) is 51.4 Å². The minimum Gasteiger partial charge on any atom is -0.486 e. The number of aryl methyl sites for hydroxylation is 1. The van der Waals surface area contributed by atoms with Crippen LogP contribution in [0.2, 0.25) is 0 Å². The normalized spacial score (nSPS) is 25.2. The van der Waals surface area contributed by atoms with E-state index in [-0.39, 0.29) is 5.60 Å². The number of fused-ring (bicyclic) bond motifs is 2. The molecule has 2 aliphatic rings. The van der Waals surface area contributed by atoms with Crippen molar-refractivity contribution in [2.24, 2.45) is 0 Å². The second-order valence-corrected chi connectivity index (χ2v) is 7.37. The highest BCUT2D eigenvalue weighted by Gasteiger charge is 2.42. The first-order chi connectivity index (χ1) is 12.2. The van der Waals surface area contributed by atoms with Gasteiger partial charge in [0, 0.05) is 50.9 Å². The third-order valence-electron chi connectivity index (χ3n) is 5.43. The molecule has 0 spiro atoms. The van der Waals surface area contributed by atoms with E-state index in [2.05, 4.69) is 52.7 Å². The highest BCUT2D eigenvalue weighted by atomic mass is 16.5. The first-order valence-electron chi connectivity index (χ1n) is 9.47. The quantitative estimate of drug-likeness (QED) is 0.842. The van der Waals surface area contributed by atoms with Gasteiger partial charge in [-0.15, -0.1) is 0 Å². The van der Waals surface area contributed by atoms with E-state index in [4.69, 9.17) is 4.74 Å². The highest BCUT2D eigenvalue weighted by Crippen LogP contribution is 2.35. The topological polar surface area (TPSA) is 42.3 Å². The zero-order valence-corrected chi connectivity index (χ0v) is 15.1. The van der Waals surface area contributed by atoms with Crippen LogP contribution in [0.5, 0.6) is 5.75 Å². The van der Waals surface area contributed by atoms with Gasteiger partial charge < -0.3 is 10.1 Å². The van der Waals surface area contributed by atoms with E-state index in [1.54, 1.807) is 0 Å². The van der Waals surface area contributed by atoms with Crippen LogP contribution in [0.1, 0.15) is 37.3 Å². The van der Waals surface area contributed by atoms with Gasteiger partial charge >= 0.3 is 0 Å². The second-order valence-electron chi connectivity index (χ2n) is 7.37. The monoisotopic (exact) mass is 340 g/mol. The number of rotatable bonds is 7. The van der Waals surface area contributed by atoms with Crippen molar-refractivity contribution >= 4 is 0 Å². The van der Waals surface area contributed by atoms with E-state index in [9.17, 15) is 0 Å². The molecule has 25 heavy (non-hydrogen) atoms. The van der Waals surface area contributed by atoms with Crippen LogP contribution in [0.4, 0.5) is 0 Å². The van der Waals surface area contributed by atoms with Crippen molar-refractivity contribution in [2.75, 3.05) is 19.6 Å². The molecule has 1 aromatic carbocycles. The molecule has 3 heterocycles. The number of piperidine rings is 1. The third-order valence-corrected chi connectivity index (χ3v) is 5.43. The zero-order chi connectivity index (χ0) is 17.1. The molecule has 0 saturated carbocycles. The zero-order valence-electron chi connectivity index (χ0n) is 15.1. The molecule has 2 aliphatic heterocycles. The Morgan fingerprint density at radius 1 is 1.12 bits per heavy atom. The summed E-state index contributed by atoms with van der Waals surface area (Å²) in [6.45, 7) is 8.25. The Labute approximate surface area is 150 Å². The summed E-state index contributed by atoms with van der Waals surface area (Å²) in [5, 5.41) is 7.78. The lowest BCUT2D eigenvalue weighted by atomic mass is 9.94. The molecule has 2 fully saturated rings. The van der Waals surface area contributed by atoms with E-state index < -0.39 is 0 Å². The van der Waals surface area contributed by atoms with Gasteiger partial charge in [-0.25, -0.2) is 0 Å². The number of nitrogens with zero attached hydrogens (tertiary/aromatic N) is 3. The molecule has 2 bridgehead atoms. The summed E-state index contributed by atoms with van der Waals surface area (Å²) < 4.78 is 8.36. The Hall–Kier alpha value is -1.85. The lowest BCUT2D eigenvalue weighted by molar-refractivity contribution is 0.0453. The molecule has 2 atom stereocenters. The van der Waals surface area contributed by atoms with Gasteiger partial charge in [0.05, 0.1) is 6.20 Å². The first kappa shape index (κ1) is 16.6. The van der Waals surface area contributed by atoms with Crippen molar-refractivity contribution in [3.05, 3.63) is 47.8 Å². The SMILES string of the molecule is CCn1cc(CNCc2ccc(O[C@@]34CCCN(CC3)C4)cc2)cn1. The summed E-state index contributed by atoms with van der Waals surface area (Å²) in [4.78, 5) is 2.53. The predicted octanol–water partition coefficient (Wildman–Crippen LogP) is 2.81. The molecule has 1 aromatic heterocycles. The summed E-state index contributed by atoms with van der Waals surface area (Å²) in [6, 6.07) is 8.59. The highest BCUT2D eigenvalue weighted by molar-refractivity contribution is 5.28. The fourth-order valence-electron chi connectivity index (χ4n) is 4.03. The standard InChI is InChI=1S/C20H28N4O/c1-2-24-15-18(14-22-24)13-21-12-17-4-6-19(7-5-17)25-20-8-3-10-23(16-20)11-9-20/h4-7,14-15,21H,2-3,8-13,16H2,1H3/t20-/m0/s1. The molecular weight excluding hydrogens is 312 g/mol. The number of hydrogen-bond donors (Lipinski definition) is 1. The lowest BCUT2D eigenvalue weighted by Gasteiger charge is -2.34. The summed E-state index contributed by atoms with van der Waals surface area (Å²) >= 11 is 0. The maximum absolute atomic E-state index is 6.40. The van der Waals surface area contributed by atoms with E-state index in [1.807, 2.05) is 10.9 Å². The predicted molar refractivity (Wildman–Crippen MR) is 98.5 cm³/mol. The molecule has 134 valence electrons. The van der Waals surface area contributed by atoms with Gasteiger partial charge in [-0.2, -0.15) is 5.10 Å². The fraction of sp³-hybridized carbons (Fsp3) is 0.550. The molecule has 5 nitrogen and oxygen atoms in total. The number of nitrogens with one attached hydrogen (secondary N) is 1. The number of benzene rings is 1. The largest absolute Gasteiger partial charge is 0.486 e. The first-order valence-corrected chi connectivity index (χ1v) is 9.47. The number of hydrogen-bond acceptors (Lipinski definition) is 4. The van der Waals surface area contributed by atoms with Gasteiger partial charge in [0.25, 0.3) is 0 Å². The molecule has 4 rings (SSSR count). The van der Waals surface area contributed by atoms with E-state index in [1.165, 1.54) is 43.5 Å². The molecule has 5 heteroatoms. The van der Waals surface area contributed by atoms with Gasteiger partial charge in [-0.1, -0.05) is 12.1 Å². The maximum Gasteiger partial charge on any atom is 0.123 e. The van der Waals surface area contributed by atoms with Crippen molar-refractivity contribution < 1.29 is 4.74 Å². The fourth-order valence-corrected chi connectivity index (χ4v) is 4.03. The van der Waals surface area contributed by atoms with Crippen molar-refractivity contribution in [3.63, 3.8) is 0 Å². The summed E-state index contributed by atoms with van der Waals surface area (Å²) in [7, 11) is 0. The Morgan fingerprint density at radius 2 is 1.96 bits per heavy atom. The van der Waals surface area contributed by atoms with Crippen LogP contribution in [0.25, 0.3) is 0 Å². The van der Waals surface area contributed by atoms with Gasteiger partial charge in [-0.05, 0) is 44.0 Å². The molecule has 1 N–H and O–H groups in total. The lowest BCUT2D eigenvalue weighted by Crippen LogP contribution is -2.43. The summed E-state index contributed by atoms with van der Waals surface area (Å²) in [5.41, 5.74) is 2.57. The van der Waals surface area contributed by atoms with Gasteiger partial charge in [0.1, 0.15) is 11.4 Å². The molecular formula is C20H28N4O. The average Bonchev–Trinajstić information content (AvgIpc) is 3.21. The molecule has 2 saturated heterocycles. The van der Waals surface area contributed by atoms with Crippen LogP contribution >= 0.6 is 0 Å². The van der Waals surface area contributed by atoms with E-state index >= 15 is 0 Å². The minimum atomic E-state index is 0.0669. The van der Waals surface area contributed by atoms with Crippen LogP contribution in [-0.2, 0) is 19.6 Å². The Morgan fingerprint density at radius 3 is 2.76 bits per heavy atom. The summed E-state index contributed by atoms with van der Waals surface area (Å²) in [6.07, 6.45) is 7.65. The molecule has 2 aromatic rings. The van der Waals surface area contributed by atoms with Gasteiger partial charge in [0.2, 0.25) is 0 Å². The summed E-state index contributed by atoms with van der Waals surface area (Å²) in [5.74, 6) is 1.01. The maximum atomic E-state index is 6.40. The van der Waals surface area contributed by atoms with Crippen molar-refractivity contribution in [1.29, 1.82) is 0 Å². The smallest absolute Gasteiger partial charge is 0.123 e. The van der Waals surface area contributed by atoms with Crippen LogP contribution in [0, 0.1) is 0 Å². The van der Waals surface area contributed by atoms with E-state index in [0.717, 1.165) is 31.9 Å². The molecule has 1 unspecified atom stereocenters. The average molecular weight is 340 g/mol. The van der Waals surface area contributed by atoms with Crippen molar-refractivity contribution in [1.82, 2.24) is 20.0 Å². The Bertz CT molecular complexity index is 692. The van der Waals surface area contributed by atoms with Crippen LogP contribution in [0.15, 0.2) is 36.7 Å². The van der Waals surface area contributed by atoms with Crippen LogP contribution in [0.3, 0.4) is 0 Å². The minimum absolute atomic E-state index is 0.0669. The third kappa shape index (κ3) is 3.88. The Balaban J connectivity index is 1.28. The van der Waals surface area contributed by atoms with Crippen LogP contribution < -0.4 is 10.1 Å². The van der Waals surface area contributed by atoms with E-state index in [0.29, 0.717) is 0 Å². The number of aromatic nitrogens is 2. The van der Waals surface area contributed by atoms with Gasteiger partial charge in [0.15, 0.2) is 0 Å². The molecule has 0 radical (unpaired) electrons.